The quantitative estimate of drug-likeness (QED) is 0.846. The third-order valence-electron chi connectivity index (χ3n) is 4.08. The average molecular weight is 311 g/mol. The van der Waals surface area contributed by atoms with Crippen LogP contribution in [0.3, 0.4) is 0 Å². The van der Waals surface area contributed by atoms with Crippen LogP contribution in [-0.4, -0.2) is 23.1 Å². The maximum atomic E-state index is 4.32. The first kappa shape index (κ1) is 12.2. The molecular formula is C13H19BrN4. The summed E-state index contributed by atoms with van der Waals surface area (Å²) in [4.78, 5) is 8.55. The summed E-state index contributed by atoms with van der Waals surface area (Å²) in [5, 5.41) is 6.72. The first-order chi connectivity index (χ1) is 8.75. The second kappa shape index (κ2) is 4.68. The van der Waals surface area contributed by atoms with Gasteiger partial charge in [-0.25, -0.2) is 9.97 Å². The van der Waals surface area contributed by atoms with E-state index in [1.54, 1.807) is 6.33 Å². The zero-order valence-electron chi connectivity index (χ0n) is 10.7. The van der Waals surface area contributed by atoms with Crippen molar-refractivity contribution in [1.29, 1.82) is 0 Å². The maximum absolute atomic E-state index is 4.32. The Hall–Kier alpha value is -0.840. The number of nitrogens with zero attached hydrogens (tertiary/aromatic N) is 2. The van der Waals surface area contributed by atoms with E-state index < -0.39 is 0 Å². The summed E-state index contributed by atoms with van der Waals surface area (Å²) in [6.45, 7) is 3.98. The van der Waals surface area contributed by atoms with Crippen LogP contribution in [0.5, 0.6) is 0 Å². The number of aromatic nitrogens is 2. The van der Waals surface area contributed by atoms with Gasteiger partial charge in [0.05, 0.1) is 0 Å². The van der Waals surface area contributed by atoms with Gasteiger partial charge in [-0.1, -0.05) is 0 Å². The Morgan fingerprint density at radius 3 is 2.50 bits per heavy atom. The topological polar surface area (TPSA) is 49.8 Å². The molecule has 98 valence electrons. The molecule has 2 N–H and O–H groups in total. The van der Waals surface area contributed by atoms with Gasteiger partial charge in [0.25, 0.3) is 0 Å². The highest BCUT2D eigenvalue weighted by Crippen LogP contribution is 2.61. The van der Waals surface area contributed by atoms with Crippen molar-refractivity contribution >= 4 is 27.6 Å². The minimum atomic E-state index is 0.586. The van der Waals surface area contributed by atoms with Crippen LogP contribution in [0.25, 0.3) is 0 Å². The lowest BCUT2D eigenvalue weighted by atomic mass is 10.0. The molecule has 0 unspecified atom stereocenters. The lowest BCUT2D eigenvalue weighted by molar-refractivity contribution is 0.466. The third kappa shape index (κ3) is 2.32. The number of hydrogen-bond acceptors (Lipinski definition) is 4. The molecule has 0 spiro atoms. The lowest BCUT2D eigenvalue weighted by Crippen LogP contribution is -2.18. The van der Waals surface area contributed by atoms with Crippen LogP contribution in [0.2, 0.25) is 0 Å². The number of hydrogen-bond donors (Lipinski definition) is 2. The number of nitrogens with one attached hydrogen (secondary N) is 2. The predicted molar refractivity (Wildman–Crippen MR) is 76.8 cm³/mol. The summed E-state index contributed by atoms with van der Waals surface area (Å²) in [6, 6.07) is 0. The van der Waals surface area contributed by atoms with E-state index in [1.165, 1.54) is 25.7 Å². The van der Waals surface area contributed by atoms with Gasteiger partial charge in [-0.05, 0) is 59.9 Å². The van der Waals surface area contributed by atoms with Crippen LogP contribution in [0, 0.1) is 11.3 Å². The molecule has 1 aromatic heterocycles. The van der Waals surface area contributed by atoms with Gasteiger partial charge in [0.2, 0.25) is 0 Å². The Morgan fingerprint density at radius 1 is 1.28 bits per heavy atom. The molecule has 0 aliphatic heterocycles. The van der Waals surface area contributed by atoms with Gasteiger partial charge in [0.1, 0.15) is 22.4 Å². The Bertz CT molecular complexity index is 441. The SMILES string of the molecule is CCNc1ncnc(NCC2(C3CC3)CC2)c1Br. The van der Waals surface area contributed by atoms with Crippen LogP contribution in [0.4, 0.5) is 11.6 Å². The van der Waals surface area contributed by atoms with E-state index in [2.05, 4.69) is 43.5 Å². The lowest BCUT2D eigenvalue weighted by Gasteiger charge is -2.17. The molecule has 2 aliphatic rings. The summed E-state index contributed by atoms with van der Waals surface area (Å²) >= 11 is 3.57. The van der Waals surface area contributed by atoms with Gasteiger partial charge in [-0.3, -0.25) is 0 Å². The van der Waals surface area contributed by atoms with Crippen molar-refractivity contribution in [2.24, 2.45) is 11.3 Å². The molecule has 1 aromatic rings. The highest BCUT2D eigenvalue weighted by molar-refractivity contribution is 9.10. The Morgan fingerprint density at radius 2 is 1.94 bits per heavy atom. The van der Waals surface area contributed by atoms with Crippen molar-refractivity contribution in [3.8, 4) is 0 Å². The van der Waals surface area contributed by atoms with Crippen LogP contribution in [-0.2, 0) is 0 Å². The monoisotopic (exact) mass is 310 g/mol. The fourth-order valence-electron chi connectivity index (χ4n) is 2.63. The van der Waals surface area contributed by atoms with Crippen LogP contribution in [0.15, 0.2) is 10.8 Å². The zero-order valence-corrected chi connectivity index (χ0v) is 12.3. The maximum Gasteiger partial charge on any atom is 0.145 e. The minimum Gasteiger partial charge on any atom is -0.369 e. The summed E-state index contributed by atoms with van der Waals surface area (Å²) in [5.41, 5.74) is 0.586. The van der Waals surface area contributed by atoms with Crippen molar-refractivity contribution < 1.29 is 0 Å². The Kier molecular flexibility index (Phi) is 3.18. The van der Waals surface area contributed by atoms with Crippen molar-refractivity contribution in [3.63, 3.8) is 0 Å². The molecule has 1 heterocycles. The van der Waals surface area contributed by atoms with Gasteiger partial charge in [-0.2, -0.15) is 0 Å². The summed E-state index contributed by atoms with van der Waals surface area (Å²) < 4.78 is 0.943. The molecule has 0 amide bonds. The second-order valence-corrected chi connectivity index (χ2v) is 6.20. The molecular weight excluding hydrogens is 292 g/mol. The molecule has 0 saturated heterocycles. The van der Waals surface area contributed by atoms with Gasteiger partial charge < -0.3 is 10.6 Å². The summed E-state index contributed by atoms with van der Waals surface area (Å²) in [6.07, 6.45) is 7.23. The molecule has 0 bridgehead atoms. The van der Waals surface area contributed by atoms with E-state index in [4.69, 9.17) is 0 Å². The minimum absolute atomic E-state index is 0.586. The van der Waals surface area contributed by atoms with Gasteiger partial charge in [-0.15, -0.1) is 0 Å². The van der Waals surface area contributed by atoms with E-state index in [0.29, 0.717) is 5.41 Å². The summed E-state index contributed by atoms with van der Waals surface area (Å²) in [7, 11) is 0. The molecule has 5 heteroatoms. The van der Waals surface area contributed by atoms with Gasteiger partial charge in [0, 0.05) is 13.1 Å². The first-order valence-corrected chi connectivity index (χ1v) is 7.53. The van der Waals surface area contributed by atoms with Crippen molar-refractivity contribution in [2.45, 2.75) is 32.6 Å². The average Bonchev–Trinajstić information content (AvgIpc) is 3.24. The van der Waals surface area contributed by atoms with E-state index in [-0.39, 0.29) is 0 Å². The highest BCUT2D eigenvalue weighted by atomic mass is 79.9. The number of anilines is 2. The molecule has 0 aromatic carbocycles. The van der Waals surface area contributed by atoms with Crippen molar-refractivity contribution in [2.75, 3.05) is 23.7 Å². The largest absolute Gasteiger partial charge is 0.369 e. The molecule has 2 fully saturated rings. The molecule has 3 rings (SSSR count). The molecule has 0 radical (unpaired) electrons. The Labute approximate surface area is 116 Å². The van der Waals surface area contributed by atoms with E-state index in [9.17, 15) is 0 Å². The highest BCUT2D eigenvalue weighted by Gasteiger charge is 2.53. The van der Waals surface area contributed by atoms with Crippen LogP contribution < -0.4 is 10.6 Å². The first-order valence-electron chi connectivity index (χ1n) is 6.73. The van der Waals surface area contributed by atoms with E-state index >= 15 is 0 Å². The third-order valence-corrected chi connectivity index (χ3v) is 4.83. The fraction of sp³-hybridized carbons (Fsp3) is 0.692. The van der Waals surface area contributed by atoms with Gasteiger partial charge in [0.15, 0.2) is 0 Å². The van der Waals surface area contributed by atoms with Crippen molar-refractivity contribution in [3.05, 3.63) is 10.8 Å². The normalized spacial score (nSPS) is 20.6. The molecule has 18 heavy (non-hydrogen) atoms. The summed E-state index contributed by atoms with van der Waals surface area (Å²) in [5.74, 6) is 2.75. The fourth-order valence-corrected chi connectivity index (χ4v) is 3.11. The van der Waals surface area contributed by atoms with E-state index in [0.717, 1.165) is 35.1 Å². The predicted octanol–water partition coefficient (Wildman–Crippen LogP) is 3.27. The van der Waals surface area contributed by atoms with E-state index in [1.807, 2.05) is 0 Å². The molecule has 2 aliphatic carbocycles. The van der Waals surface area contributed by atoms with Gasteiger partial charge >= 0.3 is 0 Å². The zero-order chi connectivity index (χ0) is 12.6. The van der Waals surface area contributed by atoms with Crippen molar-refractivity contribution in [1.82, 2.24) is 9.97 Å². The number of halogens is 1. The number of rotatable bonds is 6. The van der Waals surface area contributed by atoms with Crippen LogP contribution in [0.1, 0.15) is 32.6 Å². The Balaban J connectivity index is 1.67. The standard InChI is InChI=1S/C13H19BrN4/c1-2-15-11-10(14)12(18-8-17-11)16-7-13(5-6-13)9-3-4-9/h8-9H,2-7H2,1H3,(H2,15,16,17,18). The molecule has 4 nitrogen and oxygen atoms in total. The molecule has 2 saturated carbocycles. The molecule has 0 atom stereocenters. The second-order valence-electron chi connectivity index (χ2n) is 5.41. The smallest absolute Gasteiger partial charge is 0.145 e. The van der Waals surface area contributed by atoms with Crippen LogP contribution >= 0.6 is 15.9 Å².